The second kappa shape index (κ2) is 4.97. The summed E-state index contributed by atoms with van der Waals surface area (Å²) < 4.78 is 5.65. The Kier molecular flexibility index (Phi) is 3.11. The van der Waals surface area contributed by atoms with Crippen LogP contribution in [0.5, 0.6) is 0 Å². The fourth-order valence-electron chi connectivity index (χ4n) is 3.52. The zero-order valence-electron chi connectivity index (χ0n) is 14.5. The minimum absolute atomic E-state index is 0.0440. The van der Waals surface area contributed by atoms with E-state index < -0.39 is 0 Å². The maximum absolute atomic E-state index is 12.7. The smallest absolute Gasteiger partial charge is 0.346 e. The van der Waals surface area contributed by atoms with Crippen LogP contribution in [0.25, 0.3) is 22.1 Å². The van der Waals surface area contributed by atoms with Crippen LogP contribution in [-0.4, -0.2) is 7.05 Å². The summed E-state index contributed by atoms with van der Waals surface area (Å²) >= 11 is 0. The molecule has 1 aliphatic rings. The molecular weight excluding hydrogens is 298 g/mol. The molecule has 4 rings (SSSR count). The van der Waals surface area contributed by atoms with Crippen molar-refractivity contribution in [2.75, 3.05) is 11.9 Å². The van der Waals surface area contributed by atoms with Gasteiger partial charge in [-0.3, -0.25) is 0 Å². The van der Waals surface area contributed by atoms with Crippen LogP contribution < -0.4 is 10.5 Å². The first-order valence-corrected chi connectivity index (χ1v) is 8.27. The van der Waals surface area contributed by atoms with Crippen molar-refractivity contribution < 1.29 is 4.42 Å². The lowest BCUT2D eigenvalue weighted by molar-refractivity contribution is 0.559. The molecule has 0 saturated carbocycles. The lowest BCUT2D eigenvalue weighted by atomic mass is 9.85. The van der Waals surface area contributed by atoms with Crippen molar-refractivity contribution in [2.24, 2.45) is 0 Å². The van der Waals surface area contributed by atoms with Crippen molar-refractivity contribution in [1.82, 2.24) is 0 Å². The molecule has 24 heavy (non-hydrogen) atoms. The van der Waals surface area contributed by atoms with Crippen LogP contribution in [0.3, 0.4) is 0 Å². The van der Waals surface area contributed by atoms with Gasteiger partial charge in [0.05, 0.1) is 11.3 Å². The van der Waals surface area contributed by atoms with E-state index in [1.54, 1.807) is 0 Å². The van der Waals surface area contributed by atoms with Gasteiger partial charge >= 0.3 is 5.63 Å². The van der Waals surface area contributed by atoms with Gasteiger partial charge in [0.15, 0.2) is 0 Å². The van der Waals surface area contributed by atoms with E-state index in [1.807, 2.05) is 31.3 Å². The van der Waals surface area contributed by atoms with E-state index in [-0.39, 0.29) is 11.0 Å². The van der Waals surface area contributed by atoms with Crippen LogP contribution in [0.15, 0.2) is 51.7 Å². The monoisotopic (exact) mass is 319 g/mol. The van der Waals surface area contributed by atoms with Gasteiger partial charge in [0.1, 0.15) is 5.58 Å². The number of fused-ring (bicyclic) bond motifs is 5. The summed E-state index contributed by atoms with van der Waals surface area (Å²) in [7, 11) is 2.04. The SMILES string of the molecule is CN1Cc2ccccc2-c2c1c1cc(C(C)(C)C)ccc1oc2=O. The molecule has 0 atom stereocenters. The largest absolute Gasteiger partial charge is 0.422 e. The lowest BCUT2D eigenvalue weighted by Gasteiger charge is -2.30. The molecule has 1 aliphatic heterocycles. The van der Waals surface area contributed by atoms with Crippen molar-refractivity contribution in [3.05, 3.63) is 64.0 Å². The third kappa shape index (κ3) is 2.15. The molecule has 0 aliphatic carbocycles. The highest BCUT2D eigenvalue weighted by atomic mass is 16.4. The molecular formula is C21H21NO2. The molecule has 1 aromatic heterocycles. The summed E-state index contributed by atoms with van der Waals surface area (Å²) in [6, 6.07) is 14.2. The number of benzene rings is 2. The Bertz CT molecular complexity index is 1010. The minimum Gasteiger partial charge on any atom is -0.422 e. The Labute approximate surface area is 141 Å². The molecule has 0 saturated heterocycles. The summed E-state index contributed by atoms with van der Waals surface area (Å²) in [6.45, 7) is 7.37. The molecule has 0 bridgehead atoms. The zero-order valence-corrected chi connectivity index (χ0v) is 14.5. The van der Waals surface area contributed by atoms with Crippen LogP contribution >= 0.6 is 0 Å². The number of anilines is 1. The first kappa shape index (κ1) is 15.0. The van der Waals surface area contributed by atoms with Crippen LogP contribution in [0.1, 0.15) is 31.9 Å². The predicted octanol–water partition coefficient (Wildman–Crippen LogP) is 4.71. The molecule has 2 heterocycles. The van der Waals surface area contributed by atoms with Crippen molar-refractivity contribution in [2.45, 2.75) is 32.7 Å². The zero-order chi connectivity index (χ0) is 17.1. The molecule has 2 aromatic carbocycles. The maximum Gasteiger partial charge on any atom is 0.346 e. The lowest BCUT2D eigenvalue weighted by Crippen LogP contribution is -2.25. The van der Waals surface area contributed by atoms with Crippen molar-refractivity contribution in [1.29, 1.82) is 0 Å². The average molecular weight is 319 g/mol. The molecule has 0 N–H and O–H groups in total. The fourth-order valence-corrected chi connectivity index (χ4v) is 3.52. The molecule has 3 heteroatoms. The van der Waals surface area contributed by atoms with E-state index in [0.717, 1.165) is 28.7 Å². The first-order valence-electron chi connectivity index (χ1n) is 8.27. The van der Waals surface area contributed by atoms with Crippen molar-refractivity contribution >= 4 is 16.7 Å². The highest BCUT2D eigenvalue weighted by molar-refractivity contribution is 6.00. The highest BCUT2D eigenvalue weighted by Gasteiger charge is 2.26. The number of nitrogens with zero attached hydrogens (tertiary/aromatic N) is 1. The second-order valence-electron chi connectivity index (χ2n) is 7.59. The Morgan fingerprint density at radius 2 is 1.83 bits per heavy atom. The summed E-state index contributed by atoms with van der Waals surface area (Å²) in [4.78, 5) is 14.8. The number of hydrogen-bond acceptors (Lipinski definition) is 3. The standard InChI is InChI=1S/C21H21NO2/c1-21(2,3)14-9-10-17-16(11-14)19-18(20(23)24-17)15-8-6-5-7-13(15)12-22(19)4/h5-11H,12H2,1-4H3. The van der Waals surface area contributed by atoms with Crippen LogP contribution in [-0.2, 0) is 12.0 Å². The van der Waals surface area contributed by atoms with E-state index in [4.69, 9.17) is 4.42 Å². The molecule has 122 valence electrons. The molecule has 0 spiro atoms. The van der Waals surface area contributed by atoms with E-state index in [1.165, 1.54) is 5.56 Å². The summed E-state index contributed by atoms with van der Waals surface area (Å²) in [5.41, 5.74) is 5.47. The minimum atomic E-state index is -0.264. The number of rotatable bonds is 0. The van der Waals surface area contributed by atoms with Gasteiger partial charge in [-0.05, 0) is 34.2 Å². The van der Waals surface area contributed by atoms with Crippen molar-refractivity contribution in [3.8, 4) is 11.1 Å². The maximum atomic E-state index is 12.7. The quantitative estimate of drug-likeness (QED) is 0.563. The summed E-state index contributed by atoms with van der Waals surface area (Å²) in [5.74, 6) is 0. The first-order chi connectivity index (χ1) is 11.4. The average Bonchev–Trinajstić information content (AvgIpc) is 2.53. The predicted molar refractivity (Wildman–Crippen MR) is 98.7 cm³/mol. The summed E-state index contributed by atoms with van der Waals surface area (Å²) in [5, 5.41) is 1.01. The Balaban J connectivity index is 2.12. The van der Waals surface area contributed by atoms with E-state index in [2.05, 4.69) is 43.9 Å². The van der Waals surface area contributed by atoms with Gasteiger partial charge < -0.3 is 9.32 Å². The normalized spacial score (nSPS) is 13.8. The Morgan fingerprint density at radius 1 is 1.08 bits per heavy atom. The Morgan fingerprint density at radius 3 is 2.58 bits per heavy atom. The molecule has 0 fully saturated rings. The molecule has 0 amide bonds. The Hall–Kier alpha value is -2.55. The van der Waals surface area contributed by atoms with Crippen LogP contribution in [0.4, 0.5) is 5.69 Å². The van der Waals surface area contributed by atoms with Gasteiger partial charge in [0.2, 0.25) is 0 Å². The van der Waals surface area contributed by atoms with E-state index >= 15 is 0 Å². The highest BCUT2D eigenvalue weighted by Crippen LogP contribution is 2.41. The number of hydrogen-bond donors (Lipinski definition) is 0. The molecule has 0 radical (unpaired) electrons. The molecule has 3 nitrogen and oxygen atoms in total. The van der Waals surface area contributed by atoms with Gasteiger partial charge in [-0.1, -0.05) is 51.1 Å². The second-order valence-corrected chi connectivity index (χ2v) is 7.59. The fraction of sp³-hybridized carbons (Fsp3) is 0.286. The third-order valence-corrected chi connectivity index (χ3v) is 4.82. The van der Waals surface area contributed by atoms with Gasteiger partial charge in [-0.25, -0.2) is 4.79 Å². The third-order valence-electron chi connectivity index (χ3n) is 4.82. The molecule has 0 unspecified atom stereocenters. The van der Waals surface area contributed by atoms with Gasteiger partial charge in [0, 0.05) is 19.0 Å². The van der Waals surface area contributed by atoms with Crippen LogP contribution in [0, 0.1) is 0 Å². The topological polar surface area (TPSA) is 33.5 Å². The van der Waals surface area contributed by atoms with Gasteiger partial charge in [0.25, 0.3) is 0 Å². The van der Waals surface area contributed by atoms with Gasteiger partial charge in [-0.2, -0.15) is 0 Å². The summed E-state index contributed by atoms with van der Waals surface area (Å²) in [6.07, 6.45) is 0. The van der Waals surface area contributed by atoms with E-state index in [0.29, 0.717) is 11.1 Å². The molecule has 3 aromatic rings. The van der Waals surface area contributed by atoms with Crippen LogP contribution in [0.2, 0.25) is 0 Å². The van der Waals surface area contributed by atoms with E-state index in [9.17, 15) is 4.79 Å². The van der Waals surface area contributed by atoms with Gasteiger partial charge in [-0.15, -0.1) is 0 Å². The van der Waals surface area contributed by atoms with Crippen molar-refractivity contribution in [3.63, 3.8) is 0 Å².